The van der Waals surface area contributed by atoms with Gasteiger partial charge in [-0.3, -0.25) is 0 Å². The SMILES string of the molecule is CC(C)Oc1ccc(Nc2ncc(C(F)(F)F)c(Nc3cccc(I)c3)n2)cc1. The van der Waals surface area contributed by atoms with Crippen LogP contribution in [-0.4, -0.2) is 16.1 Å². The van der Waals surface area contributed by atoms with Gasteiger partial charge in [-0.1, -0.05) is 6.07 Å². The van der Waals surface area contributed by atoms with Gasteiger partial charge in [0.05, 0.1) is 6.10 Å². The molecule has 1 heterocycles. The van der Waals surface area contributed by atoms with Crippen LogP contribution >= 0.6 is 22.6 Å². The first kappa shape index (κ1) is 21.2. The normalized spacial score (nSPS) is 11.4. The van der Waals surface area contributed by atoms with Crippen molar-refractivity contribution in [1.82, 2.24) is 9.97 Å². The van der Waals surface area contributed by atoms with Crippen LogP contribution in [0.4, 0.5) is 36.3 Å². The molecule has 0 aliphatic carbocycles. The molecule has 0 aliphatic heterocycles. The second kappa shape index (κ2) is 8.85. The Bertz CT molecular complexity index is 978. The summed E-state index contributed by atoms with van der Waals surface area (Å²) in [6.07, 6.45) is -3.78. The zero-order chi connectivity index (χ0) is 21.0. The van der Waals surface area contributed by atoms with E-state index < -0.39 is 11.7 Å². The molecule has 9 heteroatoms. The molecule has 0 amide bonds. The Morgan fingerprint density at radius 2 is 1.72 bits per heavy atom. The third-order valence-electron chi connectivity index (χ3n) is 3.66. The van der Waals surface area contributed by atoms with Gasteiger partial charge in [0.25, 0.3) is 0 Å². The molecule has 0 saturated carbocycles. The number of nitrogens with one attached hydrogen (secondary N) is 2. The molecular formula is C20H18F3IN4O. The van der Waals surface area contributed by atoms with Crippen LogP contribution in [0.15, 0.2) is 54.7 Å². The third kappa shape index (κ3) is 5.96. The van der Waals surface area contributed by atoms with Gasteiger partial charge in [0, 0.05) is 21.1 Å². The summed E-state index contributed by atoms with van der Waals surface area (Å²) in [5, 5.41) is 5.65. The number of halogens is 4. The molecular weight excluding hydrogens is 496 g/mol. The van der Waals surface area contributed by atoms with E-state index in [2.05, 4.69) is 43.2 Å². The summed E-state index contributed by atoms with van der Waals surface area (Å²) < 4.78 is 46.6. The van der Waals surface area contributed by atoms with Crippen LogP contribution in [0, 0.1) is 3.57 Å². The number of ether oxygens (including phenoxy) is 1. The van der Waals surface area contributed by atoms with E-state index in [9.17, 15) is 13.2 Å². The van der Waals surface area contributed by atoms with E-state index in [4.69, 9.17) is 4.74 Å². The standard InChI is InChI=1S/C20H18F3IN4O/c1-12(2)29-16-8-6-14(7-9-16)27-19-25-11-17(20(21,22)23)18(28-19)26-15-5-3-4-13(24)10-15/h3-12H,1-2H3,(H2,25,26,27,28). The predicted molar refractivity (Wildman–Crippen MR) is 115 cm³/mol. The molecule has 29 heavy (non-hydrogen) atoms. The van der Waals surface area contributed by atoms with Gasteiger partial charge in [0.1, 0.15) is 17.1 Å². The highest BCUT2D eigenvalue weighted by Gasteiger charge is 2.35. The maximum Gasteiger partial charge on any atom is 0.421 e. The summed E-state index contributed by atoms with van der Waals surface area (Å²) in [4.78, 5) is 7.86. The van der Waals surface area contributed by atoms with E-state index in [1.807, 2.05) is 19.9 Å². The van der Waals surface area contributed by atoms with E-state index in [1.54, 1.807) is 42.5 Å². The molecule has 5 nitrogen and oxygen atoms in total. The average molecular weight is 514 g/mol. The van der Waals surface area contributed by atoms with Crippen molar-refractivity contribution in [2.24, 2.45) is 0 Å². The predicted octanol–water partition coefficient (Wildman–Crippen LogP) is 6.37. The number of nitrogens with zero attached hydrogens (tertiary/aromatic N) is 2. The van der Waals surface area contributed by atoms with Crippen LogP contribution in [-0.2, 0) is 6.18 Å². The first-order valence-electron chi connectivity index (χ1n) is 8.71. The summed E-state index contributed by atoms with van der Waals surface area (Å²) in [6, 6.07) is 14.0. The van der Waals surface area contributed by atoms with Gasteiger partial charge in [-0.05, 0) is 78.9 Å². The third-order valence-corrected chi connectivity index (χ3v) is 4.33. The number of hydrogen-bond donors (Lipinski definition) is 2. The molecule has 3 rings (SSSR count). The average Bonchev–Trinajstić information content (AvgIpc) is 2.62. The molecule has 2 aromatic carbocycles. The first-order valence-corrected chi connectivity index (χ1v) is 9.79. The molecule has 0 fully saturated rings. The fourth-order valence-corrected chi connectivity index (χ4v) is 3.01. The number of rotatable bonds is 6. The molecule has 0 bridgehead atoms. The molecule has 2 N–H and O–H groups in total. The first-order chi connectivity index (χ1) is 13.7. The molecule has 0 spiro atoms. The second-order valence-electron chi connectivity index (χ2n) is 6.40. The van der Waals surface area contributed by atoms with Crippen LogP contribution < -0.4 is 15.4 Å². The number of aromatic nitrogens is 2. The van der Waals surface area contributed by atoms with Gasteiger partial charge < -0.3 is 15.4 Å². The van der Waals surface area contributed by atoms with E-state index >= 15 is 0 Å². The van der Waals surface area contributed by atoms with Crippen molar-refractivity contribution in [2.75, 3.05) is 10.6 Å². The van der Waals surface area contributed by atoms with Crippen molar-refractivity contribution in [2.45, 2.75) is 26.1 Å². The molecule has 1 aromatic heterocycles. The highest BCUT2D eigenvalue weighted by atomic mass is 127. The lowest BCUT2D eigenvalue weighted by Gasteiger charge is -2.15. The fourth-order valence-electron chi connectivity index (χ4n) is 2.47. The maximum absolute atomic E-state index is 13.4. The van der Waals surface area contributed by atoms with Crippen molar-refractivity contribution in [3.05, 3.63) is 63.9 Å². The lowest BCUT2D eigenvalue weighted by molar-refractivity contribution is -0.137. The van der Waals surface area contributed by atoms with Crippen molar-refractivity contribution in [3.63, 3.8) is 0 Å². The molecule has 3 aromatic rings. The van der Waals surface area contributed by atoms with Crippen molar-refractivity contribution >= 4 is 45.7 Å². The van der Waals surface area contributed by atoms with Gasteiger partial charge in [-0.25, -0.2) is 4.98 Å². The lowest BCUT2D eigenvalue weighted by atomic mass is 10.2. The number of hydrogen-bond acceptors (Lipinski definition) is 5. The molecule has 0 atom stereocenters. The lowest BCUT2D eigenvalue weighted by Crippen LogP contribution is -2.12. The monoisotopic (exact) mass is 514 g/mol. The highest BCUT2D eigenvalue weighted by Crippen LogP contribution is 2.35. The van der Waals surface area contributed by atoms with E-state index in [0.29, 0.717) is 17.1 Å². The Hall–Kier alpha value is -2.56. The van der Waals surface area contributed by atoms with E-state index in [1.165, 1.54) is 0 Å². The quantitative estimate of drug-likeness (QED) is 0.375. The molecule has 0 radical (unpaired) electrons. The van der Waals surface area contributed by atoms with Crippen LogP contribution in [0.25, 0.3) is 0 Å². The van der Waals surface area contributed by atoms with Gasteiger partial charge >= 0.3 is 6.18 Å². The summed E-state index contributed by atoms with van der Waals surface area (Å²) in [5.41, 5.74) is 0.186. The van der Waals surface area contributed by atoms with Crippen LogP contribution in [0.1, 0.15) is 19.4 Å². The van der Waals surface area contributed by atoms with Crippen molar-refractivity contribution in [1.29, 1.82) is 0 Å². The summed E-state index contributed by atoms with van der Waals surface area (Å²) in [7, 11) is 0. The summed E-state index contributed by atoms with van der Waals surface area (Å²) in [6.45, 7) is 3.84. The van der Waals surface area contributed by atoms with Gasteiger partial charge in [0.15, 0.2) is 0 Å². The Labute approximate surface area is 179 Å². The fraction of sp³-hybridized carbons (Fsp3) is 0.200. The second-order valence-corrected chi connectivity index (χ2v) is 7.65. The maximum atomic E-state index is 13.4. The Kier molecular flexibility index (Phi) is 6.46. The topological polar surface area (TPSA) is 59.1 Å². The molecule has 0 saturated heterocycles. The summed E-state index contributed by atoms with van der Waals surface area (Å²) in [5.74, 6) is 0.417. The van der Waals surface area contributed by atoms with Crippen LogP contribution in [0.3, 0.4) is 0 Å². The number of alkyl halides is 3. The van der Waals surface area contributed by atoms with Gasteiger partial charge in [0.2, 0.25) is 5.95 Å². The number of anilines is 4. The van der Waals surface area contributed by atoms with E-state index in [-0.39, 0.29) is 17.9 Å². The molecule has 0 aliphatic rings. The van der Waals surface area contributed by atoms with Crippen LogP contribution in [0.2, 0.25) is 0 Å². The van der Waals surface area contributed by atoms with Crippen molar-refractivity contribution in [3.8, 4) is 5.75 Å². The minimum absolute atomic E-state index is 0.0433. The minimum Gasteiger partial charge on any atom is -0.491 e. The highest BCUT2D eigenvalue weighted by molar-refractivity contribution is 14.1. The Balaban J connectivity index is 1.86. The molecule has 152 valence electrons. The Morgan fingerprint density at radius 1 is 1.00 bits per heavy atom. The molecule has 0 unspecified atom stereocenters. The zero-order valence-electron chi connectivity index (χ0n) is 15.6. The number of benzene rings is 2. The summed E-state index contributed by atoms with van der Waals surface area (Å²) >= 11 is 2.09. The van der Waals surface area contributed by atoms with Gasteiger partial charge in [-0.15, -0.1) is 0 Å². The largest absolute Gasteiger partial charge is 0.491 e. The smallest absolute Gasteiger partial charge is 0.421 e. The zero-order valence-corrected chi connectivity index (χ0v) is 17.7. The van der Waals surface area contributed by atoms with E-state index in [0.717, 1.165) is 9.77 Å². The van der Waals surface area contributed by atoms with Crippen LogP contribution in [0.5, 0.6) is 5.75 Å². The van der Waals surface area contributed by atoms with Gasteiger partial charge in [-0.2, -0.15) is 18.2 Å². The van der Waals surface area contributed by atoms with Crippen molar-refractivity contribution < 1.29 is 17.9 Å². The Morgan fingerprint density at radius 3 is 2.34 bits per heavy atom. The minimum atomic E-state index is -4.58.